The summed E-state index contributed by atoms with van der Waals surface area (Å²) in [5.41, 5.74) is -0.713. The molecule has 0 saturated heterocycles. The Morgan fingerprint density at radius 2 is 1.87 bits per heavy atom. The van der Waals surface area contributed by atoms with Gasteiger partial charge in [-0.2, -0.15) is 0 Å². The summed E-state index contributed by atoms with van der Waals surface area (Å²) in [5, 5.41) is 4.95. The molecule has 122 valence electrons. The van der Waals surface area contributed by atoms with Crippen molar-refractivity contribution in [2.45, 2.75) is 11.5 Å². The third-order valence-electron chi connectivity index (χ3n) is 2.90. The molecule has 2 aromatic carbocycles. The number of nitrogens with two attached hydrogens (primary N) is 1. The molecule has 0 unspecified atom stereocenters. The van der Waals surface area contributed by atoms with Crippen molar-refractivity contribution in [3.05, 3.63) is 64.2 Å². The molecule has 9 heteroatoms. The first-order valence-electron chi connectivity index (χ1n) is 6.12. The maximum Gasteiger partial charge on any atom is 0.341 e. The average molecular weight is 362 g/mol. The number of esters is 1. The van der Waals surface area contributed by atoms with E-state index in [0.29, 0.717) is 0 Å². The zero-order valence-electron chi connectivity index (χ0n) is 11.4. The molecule has 0 aliphatic rings. The quantitative estimate of drug-likeness (QED) is 0.848. The maximum atomic E-state index is 13.7. The summed E-state index contributed by atoms with van der Waals surface area (Å²) in [4.78, 5) is 11.4. The van der Waals surface area contributed by atoms with Gasteiger partial charge in [0.1, 0.15) is 18.2 Å². The highest BCUT2D eigenvalue weighted by atomic mass is 35.5. The molecule has 0 aromatic heterocycles. The van der Waals surface area contributed by atoms with Gasteiger partial charge in [-0.25, -0.2) is 27.1 Å². The van der Waals surface area contributed by atoms with E-state index in [-0.39, 0.29) is 10.6 Å². The molecule has 2 aromatic rings. The van der Waals surface area contributed by atoms with Crippen LogP contribution in [0.2, 0.25) is 5.02 Å². The summed E-state index contributed by atoms with van der Waals surface area (Å²) in [6.45, 7) is -0.538. The van der Waals surface area contributed by atoms with E-state index in [9.17, 15) is 22.0 Å². The summed E-state index contributed by atoms with van der Waals surface area (Å²) < 4.78 is 54.4. The topological polar surface area (TPSA) is 86.5 Å². The molecular formula is C14H10ClF2NO4S. The number of benzene rings is 2. The molecular weight excluding hydrogens is 352 g/mol. The van der Waals surface area contributed by atoms with Gasteiger partial charge in [0, 0.05) is 5.56 Å². The van der Waals surface area contributed by atoms with Crippen molar-refractivity contribution in [3.8, 4) is 0 Å². The molecule has 0 fully saturated rings. The fourth-order valence-electron chi connectivity index (χ4n) is 1.72. The first-order valence-corrected chi connectivity index (χ1v) is 8.05. The second-order valence-electron chi connectivity index (χ2n) is 4.46. The average Bonchev–Trinajstić information content (AvgIpc) is 2.45. The number of halogens is 3. The van der Waals surface area contributed by atoms with Crippen LogP contribution in [-0.2, 0) is 21.4 Å². The monoisotopic (exact) mass is 361 g/mol. The Morgan fingerprint density at radius 1 is 1.17 bits per heavy atom. The Balaban J connectivity index is 2.25. The van der Waals surface area contributed by atoms with Gasteiger partial charge in [-0.15, -0.1) is 0 Å². The lowest BCUT2D eigenvalue weighted by molar-refractivity contribution is 0.0463. The first kappa shape index (κ1) is 17.3. The van der Waals surface area contributed by atoms with Gasteiger partial charge in [0.15, 0.2) is 0 Å². The molecule has 2 N–H and O–H groups in total. The highest BCUT2D eigenvalue weighted by molar-refractivity contribution is 7.89. The van der Waals surface area contributed by atoms with Crippen LogP contribution >= 0.6 is 11.6 Å². The molecule has 0 radical (unpaired) electrons. The first-order chi connectivity index (χ1) is 10.7. The van der Waals surface area contributed by atoms with Crippen LogP contribution in [0.4, 0.5) is 8.78 Å². The van der Waals surface area contributed by atoms with E-state index in [1.54, 1.807) is 0 Å². The fraction of sp³-hybridized carbons (Fsp3) is 0.0714. The van der Waals surface area contributed by atoms with Crippen LogP contribution in [0.25, 0.3) is 0 Å². The molecule has 0 aliphatic carbocycles. The van der Waals surface area contributed by atoms with Crippen molar-refractivity contribution in [1.29, 1.82) is 0 Å². The van der Waals surface area contributed by atoms with E-state index in [4.69, 9.17) is 21.5 Å². The number of sulfonamides is 1. The number of ether oxygens (including phenoxy) is 1. The molecule has 23 heavy (non-hydrogen) atoms. The van der Waals surface area contributed by atoms with Crippen LogP contribution in [0.5, 0.6) is 0 Å². The number of primary sulfonamides is 1. The van der Waals surface area contributed by atoms with Gasteiger partial charge in [-0.1, -0.05) is 17.7 Å². The van der Waals surface area contributed by atoms with Crippen LogP contribution in [0.15, 0.2) is 41.3 Å². The Labute approximate surface area is 135 Å². The standard InChI is InChI=1S/C14H10ClF2NO4S/c15-11-2-1-3-12(16)10(11)7-22-14(19)9-6-8(23(18,20)21)4-5-13(9)17/h1-6H,7H2,(H2,18,20,21). The molecule has 0 atom stereocenters. The smallest absolute Gasteiger partial charge is 0.341 e. The summed E-state index contributed by atoms with van der Waals surface area (Å²) in [7, 11) is -4.11. The van der Waals surface area contributed by atoms with E-state index in [1.165, 1.54) is 12.1 Å². The Bertz CT molecular complexity index is 851. The van der Waals surface area contributed by atoms with Gasteiger partial charge in [-0.05, 0) is 30.3 Å². The van der Waals surface area contributed by atoms with Crippen molar-refractivity contribution in [1.82, 2.24) is 0 Å². The molecule has 0 amide bonds. The lowest BCUT2D eigenvalue weighted by atomic mass is 10.2. The predicted molar refractivity (Wildman–Crippen MR) is 78.3 cm³/mol. The Morgan fingerprint density at radius 3 is 2.48 bits per heavy atom. The van der Waals surface area contributed by atoms with Crippen molar-refractivity contribution in [2.24, 2.45) is 5.14 Å². The molecule has 0 bridgehead atoms. The van der Waals surface area contributed by atoms with Crippen LogP contribution < -0.4 is 5.14 Å². The number of hydrogen-bond donors (Lipinski definition) is 1. The molecule has 0 heterocycles. The van der Waals surface area contributed by atoms with E-state index in [2.05, 4.69) is 0 Å². The Kier molecular flexibility index (Phi) is 4.98. The van der Waals surface area contributed by atoms with Gasteiger partial charge in [0.05, 0.1) is 15.5 Å². The van der Waals surface area contributed by atoms with E-state index in [1.807, 2.05) is 0 Å². The number of carbonyl (C=O) groups excluding carboxylic acids is 1. The van der Waals surface area contributed by atoms with Gasteiger partial charge in [0.2, 0.25) is 10.0 Å². The van der Waals surface area contributed by atoms with Crippen molar-refractivity contribution < 1.29 is 26.7 Å². The largest absolute Gasteiger partial charge is 0.457 e. The molecule has 0 aliphatic heterocycles. The normalized spacial score (nSPS) is 11.3. The number of hydrogen-bond acceptors (Lipinski definition) is 4. The van der Waals surface area contributed by atoms with Crippen LogP contribution in [0.3, 0.4) is 0 Å². The SMILES string of the molecule is NS(=O)(=O)c1ccc(F)c(C(=O)OCc2c(F)cccc2Cl)c1. The summed E-state index contributed by atoms with van der Waals surface area (Å²) in [6, 6.07) is 6.32. The predicted octanol–water partition coefficient (Wildman–Crippen LogP) is 2.62. The lowest BCUT2D eigenvalue weighted by Crippen LogP contribution is -2.15. The molecule has 0 spiro atoms. The number of carbonyl (C=O) groups is 1. The Hall–Kier alpha value is -2.03. The van der Waals surface area contributed by atoms with E-state index < -0.39 is 44.7 Å². The summed E-state index contributed by atoms with van der Waals surface area (Å²) in [5.74, 6) is -2.86. The van der Waals surface area contributed by atoms with E-state index >= 15 is 0 Å². The second kappa shape index (κ2) is 6.61. The lowest BCUT2D eigenvalue weighted by Gasteiger charge is -2.09. The molecule has 2 rings (SSSR count). The van der Waals surface area contributed by atoms with Crippen LogP contribution in [-0.4, -0.2) is 14.4 Å². The third-order valence-corrected chi connectivity index (χ3v) is 4.16. The van der Waals surface area contributed by atoms with Crippen molar-refractivity contribution in [2.75, 3.05) is 0 Å². The summed E-state index contributed by atoms with van der Waals surface area (Å²) >= 11 is 5.77. The van der Waals surface area contributed by atoms with E-state index in [0.717, 1.165) is 24.3 Å². The minimum absolute atomic E-state index is 0.0385. The minimum atomic E-state index is -4.11. The summed E-state index contributed by atoms with van der Waals surface area (Å²) in [6.07, 6.45) is 0. The zero-order chi connectivity index (χ0) is 17.2. The van der Waals surface area contributed by atoms with Gasteiger partial charge >= 0.3 is 5.97 Å². The molecule has 0 saturated carbocycles. The zero-order valence-corrected chi connectivity index (χ0v) is 13.0. The van der Waals surface area contributed by atoms with Gasteiger partial charge in [0.25, 0.3) is 0 Å². The number of rotatable bonds is 4. The highest BCUT2D eigenvalue weighted by Crippen LogP contribution is 2.21. The van der Waals surface area contributed by atoms with Crippen LogP contribution in [0, 0.1) is 11.6 Å². The van der Waals surface area contributed by atoms with Crippen molar-refractivity contribution >= 4 is 27.6 Å². The van der Waals surface area contributed by atoms with Gasteiger partial charge < -0.3 is 4.74 Å². The minimum Gasteiger partial charge on any atom is -0.457 e. The highest BCUT2D eigenvalue weighted by Gasteiger charge is 2.19. The van der Waals surface area contributed by atoms with Crippen molar-refractivity contribution in [3.63, 3.8) is 0 Å². The van der Waals surface area contributed by atoms with Crippen LogP contribution in [0.1, 0.15) is 15.9 Å². The van der Waals surface area contributed by atoms with Gasteiger partial charge in [-0.3, -0.25) is 0 Å². The maximum absolute atomic E-state index is 13.7. The molecule has 5 nitrogen and oxygen atoms in total. The fourth-order valence-corrected chi connectivity index (χ4v) is 2.48. The third kappa shape index (κ3) is 4.04. The second-order valence-corrected chi connectivity index (χ2v) is 6.43.